The largest absolute Gasteiger partial charge is 0.458 e. The third kappa shape index (κ3) is 32.4. The van der Waals surface area contributed by atoms with Crippen molar-refractivity contribution in [1.82, 2.24) is 53.2 Å². The highest BCUT2D eigenvalue weighted by atomic mass is 16.6. The Morgan fingerprint density at radius 2 is 0.888 bits per heavy atom. The second-order valence-electron chi connectivity index (χ2n) is 32.8. The van der Waals surface area contributed by atoms with E-state index in [1.807, 2.05) is 67.6 Å². The van der Waals surface area contributed by atoms with E-state index in [0.717, 1.165) is 125 Å². The molecule has 26 heteroatoms. The Morgan fingerprint density at radius 3 is 1.31 bits per heavy atom. The lowest BCUT2D eigenvalue weighted by Crippen LogP contribution is -2.59. The summed E-state index contributed by atoms with van der Waals surface area (Å²) in [7, 11) is 0. The standard InChI is InChI=1S/C45H63N5O8.C45H61N5O8/c2*1-5-18-34(40(53)43(56)46-29-37(52)50-39(33-24-14-10-15-25-33)44(57)58-45(2,3)4)47-41(54)35-28-31-21-17-20-30(27-31)19-11-7-6-8-16-26-36(51)49-38(42(55)48-35)32-22-12-9-13-23-32/h10-11,14-15,17,19-21,24-25,27,32,34-35,38-40,53H,5-9,12-13,16,18,22-23,26,28-29H2,1-4H3,(H,46,56)(H,47,54)(H,48,55)(H,49,51)(H,50,52);10-11,14-15,17,19-21,24-25,27,32,34-35,38-39H,5-9,12-13,16,18,22-23,26,28-29H2,1-4H3,(H,46,56)(H,47,54)(H,48,55)(H,49,51)(H,50,52)/t34?,35-,38-,39-,40?;34?,35-,38-,39-/m00/s1. The number of aliphatic hydroxyl groups excluding tert-OH is 1. The van der Waals surface area contributed by atoms with Crippen molar-refractivity contribution in [2.45, 2.75) is 288 Å². The highest BCUT2D eigenvalue weighted by molar-refractivity contribution is 6.38. The van der Waals surface area contributed by atoms with Crippen LogP contribution in [-0.4, -0.2) is 149 Å². The molecule has 8 rings (SSSR count). The number of esters is 2. The minimum atomic E-state index is -1.75. The molecule has 26 nitrogen and oxygen atoms in total. The molecule has 11 N–H and O–H groups in total. The van der Waals surface area contributed by atoms with Gasteiger partial charge in [-0.25, -0.2) is 9.59 Å². The first-order valence-electron chi connectivity index (χ1n) is 41.7. The van der Waals surface area contributed by atoms with E-state index in [2.05, 4.69) is 65.3 Å². The molecule has 4 aromatic carbocycles. The number of aliphatic hydroxyl groups is 1. The van der Waals surface area contributed by atoms with E-state index in [1.54, 1.807) is 109 Å². The molecule has 3 unspecified atom stereocenters. The maximum Gasteiger partial charge on any atom is 0.333 e. The molecule has 2 heterocycles. The first-order valence-corrected chi connectivity index (χ1v) is 41.7. The predicted octanol–water partition coefficient (Wildman–Crippen LogP) is 9.64. The van der Waals surface area contributed by atoms with Crippen LogP contribution in [0.25, 0.3) is 12.2 Å². The zero-order chi connectivity index (χ0) is 84.2. The summed E-state index contributed by atoms with van der Waals surface area (Å²) in [4.78, 5) is 175. The van der Waals surface area contributed by atoms with Gasteiger partial charge in [0.25, 0.3) is 11.8 Å². The minimum absolute atomic E-state index is 0.0707. The first kappa shape index (κ1) is 92.8. The molecule has 0 saturated heterocycles. The number of rotatable bonds is 24. The second kappa shape index (κ2) is 47.6. The number of amides is 10. The van der Waals surface area contributed by atoms with Crippen molar-refractivity contribution in [2.24, 2.45) is 11.8 Å². The van der Waals surface area contributed by atoms with E-state index in [4.69, 9.17) is 9.47 Å². The number of benzene rings is 4. The fraction of sp³-hybridized carbons (Fsp3) is 0.544. The highest BCUT2D eigenvalue weighted by Crippen LogP contribution is 2.30. The van der Waals surface area contributed by atoms with E-state index >= 15 is 0 Å². The molecule has 2 aliphatic carbocycles. The first-order chi connectivity index (χ1) is 55.5. The molecular weight excluding hydrogens is 1480 g/mol. The van der Waals surface area contributed by atoms with Gasteiger partial charge in [-0.3, -0.25) is 52.7 Å². The number of ketones is 1. The monoisotopic (exact) mass is 1600 g/mol. The fourth-order valence-electron chi connectivity index (χ4n) is 14.8. The zero-order valence-corrected chi connectivity index (χ0v) is 68.9. The number of hydrogen-bond donors (Lipinski definition) is 11. The van der Waals surface area contributed by atoms with E-state index in [0.29, 0.717) is 49.7 Å². The van der Waals surface area contributed by atoms with Gasteiger partial charge in [-0.15, -0.1) is 0 Å². The van der Waals surface area contributed by atoms with Gasteiger partial charge >= 0.3 is 11.9 Å². The van der Waals surface area contributed by atoms with Crippen molar-refractivity contribution < 1.29 is 76.9 Å². The number of nitrogens with one attached hydrogen (secondary N) is 10. The van der Waals surface area contributed by atoms with Crippen molar-refractivity contribution in [3.8, 4) is 0 Å². The lowest BCUT2D eigenvalue weighted by molar-refractivity contribution is -0.159. The Kier molecular flexibility index (Phi) is 38.1. The number of fused-ring (bicyclic) bond motifs is 4. The number of allylic oxidation sites excluding steroid dienone is 2. The molecule has 0 radical (unpaired) electrons. The lowest BCUT2D eigenvalue weighted by atomic mass is 9.83. The number of hydrogen-bond acceptors (Lipinski definition) is 16. The van der Waals surface area contributed by atoms with Crippen molar-refractivity contribution in [2.75, 3.05) is 13.1 Å². The predicted molar refractivity (Wildman–Crippen MR) is 442 cm³/mol. The van der Waals surface area contributed by atoms with Crippen molar-refractivity contribution in [3.05, 3.63) is 155 Å². The maximum atomic E-state index is 14.2. The summed E-state index contributed by atoms with van der Waals surface area (Å²) in [6.07, 6.45) is 24.3. The van der Waals surface area contributed by atoms with Crippen molar-refractivity contribution in [3.63, 3.8) is 0 Å². The molecule has 4 bridgehead atoms. The smallest absolute Gasteiger partial charge is 0.333 e. The minimum Gasteiger partial charge on any atom is -0.458 e. The zero-order valence-electron chi connectivity index (χ0n) is 68.9. The molecule has 0 spiro atoms. The fourth-order valence-corrected chi connectivity index (χ4v) is 14.8. The van der Waals surface area contributed by atoms with Gasteiger partial charge in [0, 0.05) is 25.7 Å². The van der Waals surface area contributed by atoms with Gasteiger partial charge in [0.05, 0.1) is 25.2 Å². The SMILES string of the molecule is CCCC(NC(=O)[C@@H]1Cc2cccc(c2)C=CCCCCCC(=O)N[C@@H](C2CCCCC2)C(=O)N1)C(=O)C(=O)NCC(=O)N[C@H](C(=O)OC(C)(C)C)c1ccccc1.CCCC(NC(=O)[C@@H]1Cc2cccc(c2)C=CCCCCCC(=O)N[C@@H](C2CCCCC2)C(=O)N1)C(O)C(=O)NCC(=O)N[C@H](C(=O)OC(C)(C)C)c1ccccc1. The average molecular weight is 1600 g/mol. The van der Waals surface area contributed by atoms with Crippen LogP contribution in [0.15, 0.2) is 121 Å². The number of carbonyl (C=O) groups excluding carboxylic acids is 13. The van der Waals surface area contributed by atoms with Crippen LogP contribution in [0, 0.1) is 11.8 Å². The van der Waals surface area contributed by atoms with Crippen molar-refractivity contribution >= 4 is 88.9 Å². The lowest BCUT2D eigenvalue weighted by Gasteiger charge is -2.32. The third-order valence-corrected chi connectivity index (χ3v) is 20.7. The molecule has 2 fully saturated rings. The molecule has 9 atom stereocenters. The van der Waals surface area contributed by atoms with Gasteiger partial charge in [0.2, 0.25) is 53.0 Å². The van der Waals surface area contributed by atoms with E-state index in [9.17, 15) is 67.4 Å². The van der Waals surface area contributed by atoms with Gasteiger partial charge in [-0.2, -0.15) is 0 Å². The number of Topliss-reactive ketones (excluding diaryl/α,β-unsaturated/α-hetero) is 1. The van der Waals surface area contributed by atoms with E-state index in [-0.39, 0.29) is 49.3 Å². The molecule has 2 saturated carbocycles. The number of carbonyl (C=O) groups is 13. The van der Waals surface area contributed by atoms with Crippen LogP contribution in [0.1, 0.15) is 255 Å². The summed E-state index contributed by atoms with van der Waals surface area (Å²) in [5, 5.41) is 38.6. The average Bonchev–Trinajstić information content (AvgIpc) is 0.926. The van der Waals surface area contributed by atoms with Crippen LogP contribution in [0.4, 0.5) is 0 Å². The van der Waals surface area contributed by atoms with E-state index < -0.39 is 144 Å². The van der Waals surface area contributed by atoms with Gasteiger partial charge in [0.1, 0.15) is 35.4 Å². The van der Waals surface area contributed by atoms with Gasteiger partial charge in [-0.05, 0) is 164 Å². The van der Waals surface area contributed by atoms with Gasteiger partial charge in [-0.1, -0.05) is 212 Å². The quantitative estimate of drug-likeness (QED) is 0.0230. The Morgan fingerprint density at radius 1 is 0.474 bits per heavy atom. The molecule has 2 aliphatic heterocycles. The summed E-state index contributed by atoms with van der Waals surface area (Å²) < 4.78 is 11.0. The molecule has 116 heavy (non-hydrogen) atoms. The summed E-state index contributed by atoms with van der Waals surface area (Å²) in [6.45, 7) is 12.7. The maximum absolute atomic E-state index is 14.2. The summed E-state index contributed by atoms with van der Waals surface area (Å²) >= 11 is 0. The second-order valence-corrected chi connectivity index (χ2v) is 32.8. The molecule has 0 aromatic heterocycles. The normalized spacial score (nSPS) is 19.9. The third-order valence-electron chi connectivity index (χ3n) is 20.7. The van der Waals surface area contributed by atoms with Crippen LogP contribution < -0.4 is 53.2 Å². The highest BCUT2D eigenvalue weighted by Gasteiger charge is 2.39. The Balaban J connectivity index is 0.000000321. The Labute approximate surface area is 683 Å². The summed E-state index contributed by atoms with van der Waals surface area (Å²) in [5.41, 5.74) is 2.78. The molecule has 630 valence electrons. The van der Waals surface area contributed by atoms with Crippen LogP contribution in [0.5, 0.6) is 0 Å². The Bertz CT molecular complexity index is 3990. The summed E-state index contributed by atoms with van der Waals surface area (Å²) in [6, 6.07) is 23.9. The van der Waals surface area contributed by atoms with Crippen LogP contribution in [0.2, 0.25) is 0 Å². The van der Waals surface area contributed by atoms with Gasteiger partial charge < -0.3 is 67.7 Å². The van der Waals surface area contributed by atoms with E-state index in [1.165, 1.54) is 0 Å². The summed E-state index contributed by atoms with van der Waals surface area (Å²) in [5.74, 6) is -8.50. The van der Waals surface area contributed by atoms with Crippen molar-refractivity contribution in [1.29, 1.82) is 0 Å². The van der Waals surface area contributed by atoms with Gasteiger partial charge in [0.15, 0.2) is 18.2 Å². The van der Waals surface area contributed by atoms with Crippen LogP contribution >= 0.6 is 0 Å². The van der Waals surface area contributed by atoms with Crippen LogP contribution in [0.3, 0.4) is 0 Å². The topological polar surface area (TPSA) is 381 Å². The van der Waals surface area contributed by atoms with Crippen LogP contribution in [-0.2, 0) is 84.6 Å². The molecule has 10 amide bonds. The molecule has 4 aliphatic rings. The molecular formula is C90H124N10O16. The Hall–Kier alpha value is -10.4. The number of ether oxygens (including phenoxy) is 2. The molecule has 4 aromatic rings.